The Kier molecular flexibility index (Phi) is 9.30. The first-order valence-corrected chi connectivity index (χ1v) is 9.48. The standard InChI is InChI=1S/C16H27O4S/c1-4-18-12-14(17)13-20-16-8-6-15(7-9-16)19-10-5-11-21(2)3/h6-9,14,17H,4-5,10-13H2,1-3H3/q+1. The lowest BCUT2D eigenvalue weighted by molar-refractivity contribution is 0.0164. The van der Waals surface area contributed by atoms with Crippen LogP contribution in [0.2, 0.25) is 0 Å². The van der Waals surface area contributed by atoms with E-state index in [1.165, 1.54) is 5.75 Å². The van der Waals surface area contributed by atoms with E-state index >= 15 is 0 Å². The zero-order valence-corrected chi connectivity index (χ0v) is 14.0. The van der Waals surface area contributed by atoms with Crippen molar-refractivity contribution >= 4 is 10.9 Å². The minimum Gasteiger partial charge on any atom is -0.493 e. The van der Waals surface area contributed by atoms with E-state index in [2.05, 4.69) is 12.5 Å². The van der Waals surface area contributed by atoms with Crippen LogP contribution >= 0.6 is 0 Å². The molecular weight excluding hydrogens is 288 g/mol. The fourth-order valence-electron chi connectivity index (χ4n) is 1.66. The lowest BCUT2D eigenvalue weighted by Crippen LogP contribution is -2.23. The number of aliphatic hydroxyl groups excluding tert-OH is 1. The van der Waals surface area contributed by atoms with Gasteiger partial charge in [0.1, 0.15) is 30.0 Å². The van der Waals surface area contributed by atoms with Crippen molar-refractivity contribution in [1.82, 2.24) is 0 Å². The largest absolute Gasteiger partial charge is 0.493 e. The highest BCUT2D eigenvalue weighted by Gasteiger charge is 2.05. The van der Waals surface area contributed by atoms with Crippen molar-refractivity contribution in [1.29, 1.82) is 0 Å². The molecule has 0 aliphatic carbocycles. The molecule has 1 aromatic carbocycles. The van der Waals surface area contributed by atoms with Gasteiger partial charge in [-0.15, -0.1) is 0 Å². The van der Waals surface area contributed by atoms with Crippen LogP contribution < -0.4 is 9.47 Å². The van der Waals surface area contributed by atoms with E-state index in [9.17, 15) is 5.11 Å². The summed E-state index contributed by atoms with van der Waals surface area (Å²) in [4.78, 5) is 0. The lowest BCUT2D eigenvalue weighted by atomic mass is 10.3. The Morgan fingerprint density at radius 1 is 1.05 bits per heavy atom. The van der Waals surface area contributed by atoms with Gasteiger partial charge in [0.05, 0.1) is 25.7 Å². The van der Waals surface area contributed by atoms with Gasteiger partial charge in [-0.05, 0) is 42.1 Å². The average molecular weight is 315 g/mol. The third-order valence-electron chi connectivity index (χ3n) is 2.75. The molecule has 0 aromatic heterocycles. The molecule has 0 amide bonds. The molecule has 5 heteroatoms. The van der Waals surface area contributed by atoms with E-state index in [1.54, 1.807) is 0 Å². The van der Waals surface area contributed by atoms with Gasteiger partial charge in [-0.1, -0.05) is 0 Å². The first-order valence-electron chi connectivity index (χ1n) is 7.27. The molecule has 21 heavy (non-hydrogen) atoms. The van der Waals surface area contributed by atoms with Gasteiger partial charge >= 0.3 is 0 Å². The Bertz CT molecular complexity index is 367. The molecule has 0 saturated heterocycles. The van der Waals surface area contributed by atoms with Gasteiger partial charge < -0.3 is 19.3 Å². The lowest BCUT2D eigenvalue weighted by Gasteiger charge is -2.12. The highest BCUT2D eigenvalue weighted by molar-refractivity contribution is 7.95. The maximum atomic E-state index is 9.61. The molecule has 0 aliphatic rings. The molecule has 0 radical (unpaired) electrons. The number of hydrogen-bond acceptors (Lipinski definition) is 4. The maximum Gasteiger partial charge on any atom is 0.119 e. The first kappa shape index (κ1) is 18.1. The summed E-state index contributed by atoms with van der Waals surface area (Å²) < 4.78 is 16.3. The molecule has 0 spiro atoms. The van der Waals surface area contributed by atoms with Gasteiger partial charge in [0, 0.05) is 13.0 Å². The minimum absolute atomic E-state index is 0.232. The normalized spacial score (nSPS) is 12.4. The van der Waals surface area contributed by atoms with Crippen molar-refractivity contribution in [3.63, 3.8) is 0 Å². The summed E-state index contributed by atoms with van der Waals surface area (Å²) in [7, 11) is 0.479. The van der Waals surface area contributed by atoms with Crippen molar-refractivity contribution in [2.24, 2.45) is 0 Å². The zero-order valence-electron chi connectivity index (χ0n) is 13.2. The molecule has 1 atom stereocenters. The molecule has 4 nitrogen and oxygen atoms in total. The monoisotopic (exact) mass is 315 g/mol. The topological polar surface area (TPSA) is 47.9 Å². The van der Waals surface area contributed by atoms with Crippen LogP contribution in [0.15, 0.2) is 24.3 Å². The Morgan fingerprint density at radius 2 is 1.67 bits per heavy atom. The van der Waals surface area contributed by atoms with Crippen LogP contribution in [-0.4, -0.2) is 55.9 Å². The van der Waals surface area contributed by atoms with Crippen LogP contribution in [-0.2, 0) is 15.6 Å². The Morgan fingerprint density at radius 3 is 2.24 bits per heavy atom. The second-order valence-electron chi connectivity index (χ2n) is 4.99. The van der Waals surface area contributed by atoms with Crippen molar-refractivity contribution in [2.45, 2.75) is 19.4 Å². The molecule has 1 aromatic rings. The Hall–Kier alpha value is -0.910. The quantitative estimate of drug-likeness (QED) is 0.502. The number of ether oxygens (including phenoxy) is 3. The van der Waals surface area contributed by atoms with Crippen LogP contribution in [0.3, 0.4) is 0 Å². The van der Waals surface area contributed by atoms with Crippen LogP contribution in [0.4, 0.5) is 0 Å². The smallest absolute Gasteiger partial charge is 0.119 e. The van der Waals surface area contributed by atoms with Gasteiger partial charge in [-0.25, -0.2) is 0 Å². The van der Waals surface area contributed by atoms with Crippen LogP contribution in [0.5, 0.6) is 11.5 Å². The van der Waals surface area contributed by atoms with Gasteiger partial charge in [0.2, 0.25) is 0 Å². The molecule has 1 N–H and O–H groups in total. The van der Waals surface area contributed by atoms with Gasteiger partial charge in [-0.3, -0.25) is 0 Å². The highest BCUT2D eigenvalue weighted by Crippen LogP contribution is 2.18. The zero-order chi connectivity index (χ0) is 15.5. The SMILES string of the molecule is CCOCC(O)COc1ccc(OCCC[S+](C)C)cc1. The van der Waals surface area contributed by atoms with Crippen LogP contribution in [0, 0.1) is 0 Å². The van der Waals surface area contributed by atoms with E-state index < -0.39 is 6.10 Å². The molecule has 0 fully saturated rings. The number of aliphatic hydroxyl groups is 1. The summed E-state index contributed by atoms with van der Waals surface area (Å²) in [6, 6.07) is 7.49. The molecule has 0 aliphatic heterocycles. The summed E-state index contributed by atoms with van der Waals surface area (Å²) in [6.45, 7) is 3.77. The Balaban J connectivity index is 2.23. The summed E-state index contributed by atoms with van der Waals surface area (Å²) >= 11 is 0. The minimum atomic E-state index is -0.599. The second kappa shape index (κ2) is 10.8. The predicted molar refractivity (Wildman–Crippen MR) is 88.6 cm³/mol. The summed E-state index contributed by atoms with van der Waals surface area (Å²) in [6.07, 6.45) is 4.97. The second-order valence-corrected chi connectivity index (χ2v) is 7.37. The third-order valence-corrected chi connectivity index (χ3v) is 3.85. The average Bonchev–Trinajstić information content (AvgIpc) is 2.48. The van der Waals surface area contributed by atoms with E-state index in [-0.39, 0.29) is 6.61 Å². The van der Waals surface area contributed by atoms with Crippen molar-refractivity contribution in [3.05, 3.63) is 24.3 Å². The molecule has 0 saturated carbocycles. The molecule has 120 valence electrons. The summed E-state index contributed by atoms with van der Waals surface area (Å²) in [5.74, 6) is 2.78. The fraction of sp³-hybridized carbons (Fsp3) is 0.625. The Labute approximate surface area is 130 Å². The number of hydrogen-bond donors (Lipinski definition) is 1. The number of benzene rings is 1. The van der Waals surface area contributed by atoms with Gasteiger partial charge in [0.15, 0.2) is 0 Å². The maximum absolute atomic E-state index is 9.61. The van der Waals surface area contributed by atoms with E-state index in [0.717, 1.165) is 24.5 Å². The molecular formula is C16H27O4S+. The van der Waals surface area contributed by atoms with Gasteiger partial charge in [-0.2, -0.15) is 0 Å². The molecule has 1 unspecified atom stereocenters. The van der Waals surface area contributed by atoms with Crippen LogP contribution in [0.1, 0.15) is 13.3 Å². The molecule has 0 heterocycles. The highest BCUT2D eigenvalue weighted by atomic mass is 32.2. The molecule has 1 rings (SSSR count). The summed E-state index contributed by atoms with van der Waals surface area (Å²) in [5.41, 5.74) is 0. The number of rotatable bonds is 11. The third kappa shape index (κ3) is 8.86. The van der Waals surface area contributed by atoms with E-state index in [4.69, 9.17) is 14.2 Å². The van der Waals surface area contributed by atoms with E-state index in [0.29, 0.717) is 24.1 Å². The predicted octanol–water partition coefficient (Wildman–Crippen LogP) is 2.11. The van der Waals surface area contributed by atoms with E-state index in [1.807, 2.05) is 31.2 Å². The molecule has 0 bridgehead atoms. The first-order chi connectivity index (χ1) is 10.1. The van der Waals surface area contributed by atoms with Gasteiger partial charge in [0.25, 0.3) is 0 Å². The summed E-state index contributed by atoms with van der Waals surface area (Å²) in [5, 5.41) is 9.61. The van der Waals surface area contributed by atoms with Crippen molar-refractivity contribution in [2.75, 3.05) is 44.7 Å². The fourth-order valence-corrected chi connectivity index (χ4v) is 2.36. The van der Waals surface area contributed by atoms with Crippen molar-refractivity contribution in [3.8, 4) is 11.5 Å². The van der Waals surface area contributed by atoms with Crippen molar-refractivity contribution < 1.29 is 19.3 Å². The van der Waals surface area contributed by atoms with Crippen LogP contribution in [0.25, 0.3) is 0 Å².